The highest BCUT2D eigenvalue weighted by Crippen LogP contribution is 2.24. The van der Waals surface area contributed by atoms with Crippen LogP contribution in [0.1, 0.15) is 204 Å². The molecule has 0 fully saturated rings. The molecule has 0 saturated heterocycles. The van der Waals surface area contributed by atoms with Gasteiger partial charge in [-0.2, -0.15) is 0 Å². The van der Waals surface area contributed by atoms with Gasteiger partial charge in [0.15, 0.2) is 0 Å². The monoisotopic (exact) mass is 852 g/mol. The van der Waals surface area contributed by atoms with Gasteiger partial charge in [-0.25, -0.2) is 0 Å². The van der Waals surface area contributed by atoms with Crippen molar-refractivity contribution in [2.75, 3.05) is 52.6 Å². The number of hydrogen-bond acceptors (Lipinski definition) is 7. The summed E-state index contributed by atoms with van der Waals surface area (Å²) in [7, 11) is 0. The minimum Gasteiger partial charge on any atom is -0.379 e. The zero-order chi connectivity index (χ0) is 45.1. The number of hydrogen-bond donors (Lipinski definition) is 5. The summed E-state index contributed by atoms with van der Waals surface area (Å²) >= 11 is 0. The molecular weight excluding hydrogens is 759 g/mol. The summed E-state index contributed by atoms with van der Waals surface area (Å²) in [4.78, 5) is 61.7. The molecule has 0 saturated carbocycles. The van der Waals surface area contributed by atoms with Crippen molar-refractivity contribution in [2.24, 2.45) is 16.2 Å². The van der Waals surface area contributed by atoms with E-state index in [0.29, 0.717) is 63.7 Å². The van der Waals surface area contributed by atoms with Gasteiger partial charge in [0.1, 0.15) is 0 Å². The van der Waals surface area contributed by atoms with Gasteiger partial charge < -0.3 is 36.1 Å². The molecule has 0 aromatic carbocycles. The Kier molecular flexibility index (Phi) is 33.2. The molecule has 0 heterocycles. The molecule has 5 amide bonds. The standard InChI is InChI=1S/C48H93N5O7/c1-46(2,3)29-19-15-13-11-10-12-14-16-26-45(58)53-40(38-59-36-27-43(56)51-34-22-32-49-41(54)24-17-20-30-47(4,5)6)39-60-37-28-44(57)52-35-23-33-50-42(55)25-18-21-31-48(7,8)9/h40H,10-39H2,1-9H3,(H,49,54)(H,50,55)(H,51,56)(H,52,57)(H,53,58). The lowest BCUT2D eigenvalue weighted by Gasteiger charge is -2.19. The molecule has 5 N–H and O–H groups in total. The van der Waals surface area contributed by atoms with Crippen molar-refractivity contribution in [3.8, 4) is 0 Å². The molecule has 0 aliphatic carbocycles. The van der Waals surface area contributed by atoms with Gasteiger partial charge in [0.05, 0.1) is 32.5 Å². The number of carbonyl (C=O) groups is 5. The van der Waals surface area contributed by atoms with Crippen molar-refractivity contribution in [2.45, 2.75) is 210 Å². The normalized spacial score (nSPS) is 12.0. The second-order valence-corrected chi connectivity index (χ2v) is 20.4. The predicted molar refractivity (Wildman–Crippen MR) is 246 cm³/mol. The van der Waals surface area contributed by atoms with E-state index < -0.39 is 6.04 Å². The van der Waals surface area contributed by atoms with Gasteiger partial charge in [-0.1, -0.05) is 120 Å². The van der Waals surface area contributed by atoms with Gasteiger partial charge in [-0.05, 0) is 67.6 Å². The minimum atomic E-state index is -0.411. The van der Waals surface area contributed by atoms with E-state index in [4.69, 9.17) is 9.47 Å². The lowest BCUT2D eigenvalue weighted by atomic mass is 9.89. The van der Waals surface area contributed by atoms with Crippen LogP contribution in [0.5, 0.6) is 0 Å². The summed E-state index contributed by atoms with van der Waals surface area (Å²) in [6.45, 7) is 22.9. The Balaban J connectivity index is 4.46. The fraction of sp³-hybridized carbons (Fsp3) is 0.896. The van der Waals surface area contributed by atoms with E-state index in [1.165, 1.54) is 38.5 Å². The summed E-state index contributed by atoms with van der Waals surface area (Å²) in [5.41, 5.74) is 0.979. The summed E-state index contributed by atoms with van der Waals surface area (Å²) in [6, 6.07) is -0.411. The van der Waals surface area contributed by atoms with Crippen molar-refractivity contribution in [1.29, 1.82) is 0 Å². The topological polar surface area (TPSA) is 164 Å². The number of amides is 5. The number of nitrogens with one attached hydrogen (secondary N) is 5. The number of carbonyl (C=O) groups excluding carboxylic acids is 5. The van der Waals surface area contributed by atoms with E-state index in [1.54, 1.807) is 0 Å². The Labute approximate surface area is 367 Å². The SMILES string of the molecule is CC(C)(C)CCCCCCCCCCC(=O)NC(COCCC(=O)NCCCNC(=O)CCCCC(C)(C)C)COCCC(=O)NCCCNC(=O)CCCCC(C)(C)C. The smallest absolute Gasteiger partial charge is 0.222 e. The van der Waals surface area contributed by atoms with Crippen LogP contribution in [0.4, 0.5) is 0 Å². The van der Waals surface area contributed by atoms with Crippen molar-refractivity contribution in [3.63, 3.8) is 0 Å². The van der Waals surface area contributed by atoms with E-state index in [2.05, 4.69) is 88.9 Å². The highest BCUT2D eigenvalue weighted by molar-refractivity contribution is 5.77. The Bertz CT molecular complexity index is 1080. The summed E-state index contributed by atoms with van der Waals surface area (Å²) in [6.07, 6.45) is 19.7. The lowest BCUT2D eigenvalue weighted by Crippen LogP contribution is -2.42. The van der Waals surface area contributed by atoms with Crippen LogP contribution >= 0.6 is 0 Å². The van der Waals surface area contributed by atoms with Crippen molar-refractivity contribution in [3.05, 3.63) is 0 Å². The zero-order valence-corrected chi connectivity index (χ0v) is 40.1. The van der Waals surface area contributed by atoms with E-state index in [1.807, 2.05) is 0 Å². The molecule has 0 atom stereocenters. The Hall–Kier alpha value is -2.73. The average molecular weight is 852 g/mol. The number of ether oxygens (including phenoxy) is 2. The van der Waals surface area contributed by atoms with Gasteiger partial charge in [0, 0.05) is 58.3 Å². The molecule has 0 aromatic rings. The van der Waals surface area contributed by atoms with Crippen molar-refractivity contribution >= 4 is 29.5 Å². The van der Waals surface area contributed by atoms with Gasteiger partial charge in [-0.3, -0.25) is 24.0 Å². The maximum atomic E-state index is 12.9. The van der Waals surface area contributed by atoms with Crippen LogP contribution < -0.4 is 26.6 Å². The molecule has 0 bridgehead atoms. The molecule has 12 nitrogen and oxygen atoms in total. The first-order valence-corrected chi connectivity index (χ1v) is 23.8. The van der Waals surface area contributed by atoms with Crippen LogP contribution in [0.3, 0.4) is 0 Å². The Morgan fingerprint density at radius 2 is 0.650 bits per heavy atom. The number of unbranched alkanes of at least 4 members (excludes halogenated alkanes) is 9. The number of rotatable bonds is 37. The highest BCUT2D eigenvalue weighted by atomic mass is 16.5. The molecule has 0 aliphatic heterocycles. The Morgan fingerprint density at radius 1 is 0.367 bits per heavy atom. The van der Waals surface area contributed by atoms with Crippen LogP contribution in [0, 0.1) is 16.2 Å². The van der Waals surface area contributed by atoms with Gasteiger partial charge in [0.2, 0.25) is 29.5 Å². The van der Waals surface area contributed by atoms with Gasteiger partial charge >= 0.3 is 0 Å². The minimum absolute atomic E-state index is 0.0525. The summed E-state index contributed by atoms with van der Waals surface area (Å²) < 4.78 is 11.6. The third kappa shape index (κ3) is 43.4. The molecule has 60 heavy (non-hydrogen) atoms. The molecule has 0 rings (SSSR count). The second-order valence-electron chi connectivity index (χ2n) is 20.4. The van der Waals surface area contributed by atoms with E-state index in [0.717, 1.165) is 57.8 Å². The maximum absolute atomic E-state index is 12.9. The molecule has 0 radical (unpaired) electrons. The fourth-order valence-corrected chi connectivity index (χ4v) is 6.54. The van der Waals surface area contributed by atoms with E-state index in [-0.39, 0.29) is 79.6 Å². The first kappa shape index (κ1) is 57.3. The highest BCUT2D eigenvalue weighted by Gasteiger charge is 2.15. The van der Waals surface area contributed by atoms with Crippen LogP contribution in [-0.2, 0) is 33.4 Å². The fourth-order valence-electron chi connectivity index (χ4n) is 6.54. The van der Waals surface area contributed by atoms with Gasteiger partial charge in [-0.15, -0.1) is 0 Å². The van der Waals surface area contributed by atoms with Crippen molar-refractivity contribution in [1.82, 2.24) is 26.6 Å². The predicted octanol–water partition coefficient (Wildman–Crippen LogP) is 8.69. The third-order valence-electron chi connectivity index (χ3n) is 10.2. The van der Waals surface area contributed by atoms with E-state index >= 15 is 0 Å². The van der Waals surface area contributed by atoms with Crippen LogP contribution in [0.2, 0.25) is 0 Å². The summed E-state index contributed by atoms with van der Waals surface area (Å²) in [5.74, 6) is -0.220. The van der Waals surface area contributed by atoms with E-state index in [9.17, 15) is 24.0 Å². The van der Waals surface area contributed by atoms with Crippen LogP contribution in [0.15, 0.2) is 0 Å². The first-order chi connectivity index (χ1) is 28.3. The second kappa shape index (κ2) is 34.8. The average Bonchev–Trinajstić information content (AvgIpc) is 3.14. The Morgan fingerprint density at radius 3 is 1.02 bits per heavy atom. The van der Waals surface area contributed by atoms with Crippen LogP contribution in [-0.4, -0.2) is 88.2 Å². The molecule has 0 aromatic heterocycles. The molecular formula is C48H93N5O7. The summed E-state index contributed by atoms with van der Waals surface area (Å²) in [5, 5.41) is 14.6. The zero-order valence-electron chi connectivity index (χ0n) is 40.1. The largest absolute Gasteiger partial charge is 0.379 e. The first-order valence-electron chi connectivity index (χ1n) is 23.8. The van der Waals surface area contributed by atoms with Gasteiger partial charge in [0.25, 0.3) is 0 Å². The maximum Gasteiger partial charge on any atom is 0.222 e. The van der Waals surface area contributed by atoms with Crippen LogP contribution in [0.25, 0.3) is 0 Å². The quantitative estimate of drug-likeness (QED) is 0.0391. The molecule has 352 valence electrons. The third-order valence-corrected chi connectivity index (χ3v) is 10.2. The molecule has 0 unspecified atom stereocenters. The molecule has 0 spiro atoms. The molecule has 0 aliphatic rings. The lowest BCUT2D eigenvalue weighted by molar-refractivity contribution is -0.125. The molecule has 12 heteroatoms. The van der Waals surface area contributed by atoms with Crippen molar-refractivity contribution < 1.29 is 33.4 Å².